The number of rotatable bonds is 2. The first-order valence-corrected chi connectivity index (χ1v) is 8.39. The van der Waals surface area contributed by atoms with Gasteiger partial charge in [-0.05, 0) is 25.8 Å². The molecule has 2 aromatic rings. The van der Waals surface area contributed by atoms with E-state index in [1.807, 2.05) is 31.2 Å². The van der Waals surface area contributed by atoms with Gasteiger partial charge in [0.25, 0.3) is 5.91 Å². The summed E-state index contributed by atoms with van der Waals surface area (Å²) in [4.78, 5) is 28.2. The third-order valence-electron chi connectivity index (χ3n) is 5.09. The lowest BCUT2D eigenvalue weighted by molar-refractivity contribution is -0.132. The highest BCUT2D eigenvalue weighted by Gasteiger charge is 2.51. The lowest BCUT2D eigenvalue weighted by atomic mass is 9.82. The molecule has 1 saturated heterocycles. The van der Waals surface area contributed by atoms with Gasteiger partial charge in [0.05, 0.1) is 6.21 Å². The molecule has 0 unspecified atom stereocenters. The zero-order chi connectivity index (χ0) is 16.7. The quantitative estimate of drug-likeness (QED) is 0.658. The van der Waals surface area contributed by atoms with Crippen LogP contribution in [0.3, 0.4) is 0 Å². The summed E-state index contributed by atoms with van der Waals surface area (Å²) >= 11 is 0. The van der Waals surface area contributed by atoms with Crippen LogP contribution in [0, 0.1) is 6.92 Å². The Morgan fingerprint density at radius 1 is 1.17 bits per heavy atom. The van der Waals surface area contributed by atoms with Crippen LogP contribution >= 0.6 is 0 Å². The molecule has 6 nitrogen and oxygen atoms in total. The largest absolute Gasteiger partial charge is 0.358 e. The first-order valence-electron chi connectivity index (χ1n) is 8.39. The minimum absolute atomic E-state index is 0.221. The standard InChI is InChI=1S/C18H20N4O2/c1-12-14(13-7-3-4-8-15(13)20-12)11-19-22-16(23)18(21-17(22)24)9-5-2-6-10-18/h3-4,7-8,11,20H,2,5-6,9-10H2,1H3,(H,21,24)/b19-11+. The Balaban J connectivity index is 1.65. The molecule has 3 amide bonds. The van der Waals surface area contributed by atoms with Gasteiger partial charge in [-0.25, -0.2) is 4.79 Å². The summed E-state index contributed by atoms with van der Waals surface area (Å²) in [6.45, 7) is 1.95. The van der Waals surface area contributed by atoms with Gasteiger partial charge in [-0.2, -0.15) is 5.10 Å². The van der Waals surface area contributed by atoms with Crippen molar-refractivity contribution in [3.8, 4) is 0 Å². The van der Waals surface area contributed by atoms with E-state index in [2.05, 4.69) is 15.4 Å². The maximum absolute atomic E-state index is 12.7. The first kappa shape index (κ1) is 14.9. The number of carbonyl (C=O) groups is 2. The number of imide groups is 1. The predicted octanol–water partition coefficient (Wildman–Crippen LogP) is 3.06. The average molecular weight is 324 g/mol. The normalized spacial score (nSPS) is 20.5. The van der Waals surface area contributed by atoms with Gasteiger partial charge < -0.3 is 10.3 Å². The number of nitrogens with one attached hydrogen (secondary N) is 2. The monoisotopic (exact) mass is 324 g/mol. The molecule has 1 aliphatic carbocycles. The Hall–Kier alpha value is -2.63. The van der Waals surface area contributed by atoms with Crippen molar-refractivity contribution < 1.29 is 9.59 Å². The lowest BCUT2D eigenvalue weighted by Crippen LogP contribution is -2.48. The van der Waals surface area contributed by atoms with Crippen LogP contribution in [0.25, 0.3) is 10.9 Å². The number of H-pyrrole nitrogens is 1. The fraction of sp³-hybridized carbons (Fsp3) is 0.389. The molecule has 2 fully saturated rings. The number of benzene rings is 1. The number of aromatic amines is 1. The molecule has 2 aliphatic rings. The number of fused-ring (bicyclic) bond motifs is 1. The van der Waals surface area contributed by atoms with E-state index >= 15 is 0 Å². The van der Waals surface area contributed by atoms with Crippen molar-refractivity contribution in [2.75, 3.05) is 0 Å². The number of carbonyl (C=O) groups excluding carboxylic acids is 2. The molecular formula is C18H20N4O2. The number of urea groups is 1. The Bertz CT molecular complexity index is 846. The van der Waals surface area contributed by atoms with Crippen molar-refractivity contribution in [3.63, 3.8) is 0 Å². The van der Waals surface area contributed by atoms with Crippen LogP contribution in [-0.4, -0.2) is 33.7 Å². The van der Waals surface area contributed by atoms with Crippen LogP contribution in [-0.2, 0) is 4.79 Å². The molecule has 4 rings (SSSR count). The zero-order valence-electron chi connectivity index (χ0n) is 13.6. The van der Waals surface area contributed by atoms with Gasteiger partial charge in [0.15, 0.2) is 0 Å². The summed E-state index contributed by atoms with van der Waals surface area (Å²) in [5.41, 5.74) is 2.13. The predicted molar refractivity (Wildman–Crippen MR) is 91.8 cm³/mol. The second-order valence-corrected chi connectivity index (χ2v) is 6.64. The highest BCUT2D eigenvalue weighted by Crippen LogP contribution is 2.33. The molecule has 0 bridgehead atoms. The van der Waals surface area contributed by atoms with Gasteiger partial charge in [0, 0.05) is 22.2 Å². The Morgan fingerprint density at radius 3 is 2.71 bits per heavy atom. The van der Waals surface area contributed by atoms with Crippen molar-refractivity contribution in [2.45, 2.75) is 44.6 Å². The molecule has 1 aliphatic heterocycles. The molecule has 124 valence electrons. The van der Waals surface area contributed by atoms with Gasteiger partial charge in [-0.3, -0.25) is 4.79 Å². The number of amides is 3. The summed E-state index contributed by atoms with van der Waals surface area (Å²) in [5, 5.41) is 9.10. The minimum atomic E-state index is -0.734. The molecule has 6 heteroatoms. The van der Waals surface area contributed by atoms with E-state index in [1.54, 1.807) is 6.21 Å². The average Bonchev–Trinajstić information content (AvgIpc) is 3.01. The SMILES string of the molecule is Cc1[nH]c2ccccc2c1/C=N/N1C(=O)NC2(CCCCC2)C1=O. The molecule has 1 aromatic heterocycles. The number of aromatic nitrogens is 1. The van der Waals surface area contributed by atoms with E-state index in [9.17, 15) is 9.59 Å². The molecule has 2 heterocycles. The molecular weight excluding hydrogens is 304 g/mol. The fourth-order valence-electron chi connectivity index (χ4n) is 3.79. The second kappa shape index (κ2) is 5.47. The third kappa shape index (κ3) is 2.21. The van der Waals surface area contributed by atoms with Crippen LogP contribution in [0.15, 0.2) is 29.4 Å². The number of hydrogen-bond donors (Lipinski definition) is 2. The minimum Gasteiger partial charge on any atom is -0.358 e. The number of aryl methyl sites for hydroxylation is 1. The fourth-order valence-corrected chi connectivity index (χ4v) is 3.79. The Kier molecular flexibility index (Phi) is 3.40. The van der Waals surface area contributed by atoms with E-state index in [-0.39, 0.29) is 5.91 Å². The summed E-state index contributed by atoms with van der Waals surface area (Å²) in [6.07, 6.45) is 6.05. The van der Waals surface area contributed by atoms with Crippen molar-refractivity contribution in [1.29, 1.82) is 0 Å². The van der Waals surface area contributed by atoms with Gasteiger partial charge in [-0.15, -0.1) is 5.01 Å². The highest BCUT2D eigenvalue weighted by molar-refractivity contribution is 6.08. The van der Waals surface area contributed by atoms with Crippen molar-refractivity contribution in [1.82, 2.24) is 15.3 Å². The zero-order valence-corrected chi connectivity index (χ0v) is 13.6. The van der Waals surface area contributed by atoms with Crippen molar-refractivity contribution >= 4 is 29.1 Å². The molecule has 1 aromatic carbocycles. The maximum atomic E-state index is 12.7. The number of para-hydroxylation sites is 1. The molecule has 0 atom stereocenters. The summed E-state index contributed by atoms with van der Waals surface area (Å²) in [6, 6.07) is 7.48. The smallest absolute Gasteiger partial charge is 0.346 e. The number of hydrazone groups is 1. The topological polar surface area (TPSA) is 77.6 Å². The summed E-state index contributed by atoms with van der Waals surface area (Å²) in [5.74, 6) is -0.221. The molecule has 1 saturated carbocycles. The maximum Gasteiger partial charge on any atom is 0.346 e. The van der Waals surface area contributed by atoms with E-state index in [0.29, 0.717) is 12.8 Å². The molecule has 1 spiro atoms. The number of nitrogens with zero attached hydrogens (tertiary/aromatic N) is 2. The molecule has 2 N–H and O–H groups in total. The van der Waals surface area contributed by atoms with Crippen LogP contribution in [0.2, 0.25) is 0 Å². The van der Waals surface area contributed by atoms with E-state index < -0.39 is 11.6 Å². The highest BCUT2D eigenvalue weighted by atomic mass is 16.2. The Morgan fingerprint density at radius 2 is 1.92 bits per heavy atom. The van der Waals surface area contributed by atoms with Crippen LogP contribution < -0.4 is 5.32 Å². The molecule has 0 radical (unpaired) electrons. The van der Waals surface area contributed by atoms with Gasteiger partial charge in [0.1, 0.15) is 5.54 Å². The van der Waals surface area contributed by atoms with Gasteiger partial charge in [0.2, 0.25) is 0 Å². The van der Waals surface area contributed by atoms with E-state index in [0.717, 1.165) is 46.4 Å². The van der Waals surface area contributed by atoms with Crippen LogP contribution in [0.5, 0.6) is 0 Å². The van der Waals surface area contributed by atoms with Crippen LogP contribution in [0.1, 0.15) is 43.4 Å². The van der Waals surface area contributed by atoms with Gasteiger partial charge >= 0.3 is 6.03 Å². The third-order valence-corrected chi connectivity index (χ3v) is 5.09. The summed E-state index contributed by atoms with van der Waals surface area (Å²) in [7, 11) is 0. The van der Waals surface area contributed by atoms with E-state index in [1.165, 1.54) is 0 Å². The lowest BCUT2D eigenvalue weighted by Gasteiger charge is -2.29. The van der Waals surface area contributed by atoms with Gasteiger partial charge in [-0.1, -0.05) is 37.5 Å². The van der Waals surface area contributed by atoms with Crippen molar-refractivity contribution in [2.24, 2.45) is 5.10 Å². The molecule has 24 heavy (non-hydrogen) atoms. The van der Waals surface area contributed by atoms with Crippen LogP contribution in [0.4, 0.5) is 4.79 Å². The second-order valence-electron chi connectivity index (χ2n) is 6.64. The summed E-state index contributed by atoms with van der Waals surface area (Å²) < 4.78 is 0. The first-order chi connectivity index (χ1) is 11.6. The Labute approximate surface area is 139 Å². The van der Waals surface area contributed by atoms with E-state index in [4.69, 9.17) is 0 Å². The van der Waals surface area contributed by atoms with Crippen molar-refractivity contribution in [3.05, 3.63) is 35.5 Å². The number of hydrogen-bond acceptors (Lipinski definition) is 3.